The molecule has 1 atom stereocenters. The lowest BCUT2D eigenvalue weighted by Gasteiger charge is -2.29. The van der Waals surface area contributed by atoms with Gasteiger partial charge in [0.1, 0.15) is 12.7 Å². The maximum absolute atomic E-state index is 10.4. The van der Waals surface area contributed by atoms with E-state index in [-0.39, 0.29) is 6.61 Å². The van der Waals surface area contributed by atoms with Gasteiger partial charge in [0.05, 0.1) is 20.3 Å². The Morgan fingerprint density at radius 3 is 2.73 bits per heavy atom. The normalized spacial score (nSPS) is 19.5. The van der Waals surface area contributed by atoms with E-state index in [1.165, 1.54) is 12.8 Å². The van der Waals surface area contributed by atoms with Crippen LogP contribution >= 0.6 is 0 Å². The van der Waals surface area contributed by atoms with Gasteiger partial charge in [0.2, 0.25) is 0 Å². The first kappa shape index (κ1) is 19.4. The summed E-state index contributed by atoms with van der Waals surface area (Å²) in [7, 11) is 1.66. The summed E-state index contributed by atoms with van der Waals surface area (Å²) in [5, 5.41) is 10.4. The molecule has 1 aromatic rings. The quantitative estimate of drug-likeness (QED) is 0.683. The van der Waals surface area contributed by atoms with Gasteiger partial charge in [-0.1, -0.05) is 19.1 Å². The monoisotopic (exact) mass is 364 g/mol. The molecule has 26 heavy (non-hydrogen) atoms. The van der Waals surface area contributed by atoms with Crippen LogP contribution in [0.5, 0.6) is 11.5 Å². The average Bonchev–Trinajstić information content (AvgIpc) is 3.50. The molecule has 0 spiro atoms. The third kappa shape index (κ3) is 5.33. The van der Waals surface area contributed by atoms with Crippen molar-refractivity contribution < 1.29 is 19.3 Å². The van der Waals surface area contributed by atoms with E-state index in [2.05, 4.69) is 22.8 Å². The van der Waals surface area contributed by atoms with Crippen LogP contribution < -0.4 is 9.47 Å². The smallest absolute Gasteiger partial charge is 0.165 e. The number of aliphatic hydroxyl groups excluding tert-OH is 1. The fourth-order valence-electron chi connectivity index (χ4n) is 3.48. The summed E-state index contributed by atoms with van der Waals surface area (Å²) in [6.07, 6.45) is 2.04. The van der Waals surface area contributed by atoms with Gasteiger partial charge in [0, 0.05) is 37.8 Å². The number of β-amino-alcohol motifs (C(OH)–C–C–N with tert-alkyl or cyclic N) is 1. The van der Waals surface area contributed by atoms with Gasteiger partial charge in [0.15, 0.2) is 11.5 Å². The van der Waals surface area contributed by atoms with Crippen LogP contribution in [0.25, 0.3) is 0 Å². The Morgan fingerprint density at radius 1 is 1.31 bits per heavy atom. The number of morpholine rings is 1. The maximum atomic E-state index is 10.4. The molecule has 0 radical (unpaired) electrons. The highest BCUT2D eigenvalue weighted by Gasteiger charge is 2.28. The summed E-state index contributed by atoms with van der Waals surface area (Å²) in [6.45, 7) is 8.15. The van der Waals surface area contributed by atoms with Crippen molar-refractivity contribution in [2.45, 2.75) is 38.5 Å². The van der Waals surface area contributed by atoms with Crippen molar-refractivity contribution in [3.8, 4) is 11.5 Å². The molecule has 2 fully saturated rings. The molecule has 1 heterocycles. The van der Waals surface area contributed by atoms with Crippen molar-refractivity contribution in [3.63, 3.8) is 0 Å². The van der Waals surface area contributed by atoms with Gasteiger partial charge >= 0.3 is 0 Å². The Kier molecular flexibility index (Phi) is 7.14. The molecule has 146 valence electrons. The van der Waals surface area contributed by atoms with E-state index in [1.54, 1.807) is 7.11 Å². The number of aliphatic hydroxyl groups is 1. The molecule has 1 aliphatic carbocycles. The lowest BCUT2D eigenvalue weighted by atomic mass is 10.1. The van der Waals surface area contributed by atoms with E-state index >= 15 is 0 Å². The summed E-state index contributed by atoms with van der Waals surface area (Å²) in [6, 6.07) is 6.72. The molecule has 1 N–H and O–H groups in total. The second-order valence-electron chi connectivity index (χ2n) is 7.12. The standard InChI is InChI=1S/C20H32N2O4/c1-3-22(17-7-8-17)13-16-5-4-6-19(24-2)20(16)26-15-18(23)14-21-9-11-25-12-10-21/h4-6,17-18,23H,3,7-15H2,1-2H3. The molecular formula is C20H32N2O4. The van der Waals surface area contributed by atoms with Crippen LogP contribution in [0.1, 0.15) is 25.3 Å². The van der Waals surface area contributed by atoms with Gasteiger partial charge in [-0.05, 0) is 25.5 Å². The van der Waals surface area contributed by atoms with Crippen molar-refractivity contribution in [1.29, 1.82) is 0 Å². The molecule has 2 aliphatic rings. The first-order chi connectivity index (χ1) is 12.7. The zero-order valence-electron chi connectivity index (χ0n) is 16.0. The second kappa shape index (κ2) is 9.55. The largest absolute Gasteiger partial charge is 0.493 e. The van der Waals surface area contributed by atoms with E-state index < -0.39 is 6.10 Å². The van der Waals surface area contributed by atoms with Crippen molar-refractivity contribution in [2.75, 3.05) is 53.1 Å². The molecule has 0 amide bonds. The molecule has 1 aliphatic heterocycles. The molecule has 1 saturated carbocycles. The number of hydrogen-bond acceptors (Lipinski definition) is 6. The molecule has 1 unspecified atom stereocenters. The predicted octanol–water partition coefficient (Wildman–Crippen LogP) is 1.75. The fourth-order valence-corrected chi connectivity index (χ4v) is 3.48. The molecule has 0 bridgehead atoms. The molecule has 0 aromatic heterocycles. The zero-order chi connectivity index (χ0) is 18.4. The third-order valence-electron chi connectivity index (χ3n) is 5.12. The van der Waals surface area contributed by atoms with Crippen LogP contribution in [0.2, 0.25) is 0 Å². The maximum Gasteiger partial charge on any atom is 0.165 e. The van der Waals surface area contributed by atoms with E-state index in [0.717, 1.165) is 56.5 Å². The molecule has 6 heteroatoms. The Balaban J connectivity index is 1.61. The minimum absolute atomic E-state index is 0.264. The number of benzene rings is 1. The number of methoxy groups -OCH3 is 1. The highest BCUT2D eigenvalue weighted by molar-refractivity contribution is 5.46. The van der Waals surface area contributed by atoms with E-state index in [4.69, 9.17) is 14.2 Å². The van der Waals surface area contributed by atoms with E-state index in [9.17, 15) is 5.11 Å². The van der Waals surface area contributed by atoms with Crippen LogP contribution in [0.3, 0.4) is 0 Å². The number of nitrogens with zero attached hydrogens (tertiary/aromatic N) is 2. The zero-order valence-corrected chi connectivity index (χ0v) is 16.0. The van der Waals surface area contributed by atoms with Gasteiger partial charge in [0.25, 0.3) is 0 Å². The number of hydrogen-bond donors (Lipinski definition) is 1. The summed E-state index contributed by atoms with van der Waals surface area (Å²) >= 11 is 0. The topological polar surface area (TPSA) is 54.4 Å². The van der Waals surface area contributed by atoms with Crippen molar-refractivity contribution in [3.05, 3.63) is 23.8 Å². The Hall–Kier alpha value is -1.34. The minimum Gasteiger partial charge on any atom is -0.493 e. The second-order valence-corrected chi connectivity index (χ2v) is 7.12. The summed E-state index contributed by atoms with van der Waals surface area (Å²) in [4.78, 5) is 4.69. The lowest BCUT2D eigenvalue weighted by molar-refractivity contribution is 0.00430. The Labute approximate surface area is 156 Å². The summed E-state index contributed by atoms with van der Waals surface area (Å²) in [5.74, 6) is 1.49. The fraction of sp³-hybridized carbons (Fsp3) is 0.700. The van der Waals surface area contributed by atoms with Gasteiger partial charge in [-0.25, -0.2) is 0 Å². The van der Waals surface area contributed by atoms with Crippen LogP contribution in [-0.2, 0) is 11.3 Å². The molecular weight excluding hydrogens is 332 g/mol. The minimum atomic E-state index is -0.531. The lowest BCUT2D eigenvalue weighted by Crippen LogP contribution is -2.42. The highest BCUT2D eigenvalue weighted by Crippen LogP contribution is 2.35. The van der Waals surface area contributed by atoms with Crippen molar-refractivity contribution in [2.24, 2.45) is 0 Å². The number of rotatable bonds is 10. The molecule has 6 nitrogen and oxygen atoms in total. The van der Waals surface area contributed by atoms with Gasteiger partial charge in [-0.3, -0.25) is 9.80 Å². The van der Waals surface area contributed by atoms with Crippen molar-refractivity contribution in [1.82, 2.24) is 9.80 Å². The van der Waals surface area contributed by atoms with Crippen LogP contribution in [-0.4, -0.2) is 80.2 Å². The summed E-state index contributed by atoms with van der Waals surface area (Å²) in [5.41, 5.74) is 1.12. The van der Waals surface area contributed by atoms with Crippen molar-refractivity contribution >= 4 is 0 Å². The predicted molar refractivity (Wildman–Crippen MR) is 101 cm³/mol. The van der Waals surface area contributed by atoms with E-state index in [0.29, 0.717) is 12.6 Å². The highest BCUT2D eigenvalue weighted by atomic mass is 16.5. The van der Waals surface area contributed by atoms with Gasteiger partial charge in [-0.2, -0.15) is 0 Å². The molecule has 1 saturated heterocycles. The first-order valence-corrected chi connectivity index (χ1v) is 9.72. The van der Waals surface area contributed by atoms with Crippen LogP contribution in [0.4, 0.5) is 0 Å². The van der Waals surface area contributed by atoms with Gasteiger partial charge < -0.3 is 19.3 Å². The Morgan fingerprint density at radius 2 is 2.08 bits per heavy atom. The first-order valence-electron chi connectivity index (χ1n) is 9.72. The third-order valence-corrected chi connectivity index (χ3v) is 5.12. The summed E-state index contributed by atoms with van der Waals surface area (Å²) < 4.78 is 16.9. The molecule has 1 aromatic carbocycles. The molecule has 3 rings (SSSR count). The van der Waals surface area contributed by atoms with Gasteiger partial charge in [-0.15, -0.1) is 0 Å². The number of ether oxygens (including phenoxy) is 3. The van der Waals surface area contributed by atoms with Crippen LogP contribution in [0.15, 0.2) is 18.2 Å². The SMILES string of the molecule is CCN(Cc1cccc(OC)c1OCC(O)CN1CCOCC1)C1CC1. The number of para-hydroxylation sites is 1. The Bertz CT molecular complexity index is 559. The average molecular weight is 364 g/mol. The van der Waals surface area contributed by atoms with Crippen LogP contribution in [0, 0.1) is 0 Å². The van der Waals surface area contributed by atoms with E-state index in [1.807, 2.05) is 12.1 Å².